The molecule has 9 heteroatoms. The van der Waals surface area contributed by atoms with E-state index in [2.05, 4.69) is 25.3 Å². The molecule has 0 aliphatic carbocycles. The van der Waals surface area contributed by atoms with E-state index in [-0.39, 0.29) is 5.84 Å². The van der Waals surface area contributed by atoms with Crippen LogP contribution in [0.3, 0.4) is 0 Å². The molecular weight excluding hydrogens is 318 g/mol. The molecule has 0 saturated heterocycles. The normalized spacial score (nSPS) is 11.9. The Hall–Kier alpha value is -3.88. The number of H-pyrrole nitrogens is 1. The summed E-state index contributed by atoms with van der Waals surface area (Å²) in [5, 5.41) is 11.1. The molecule has 1 aromatic carbocycles. The Morgan fingerprint density at radius 3 is 2.84 bits per heavy atom. The zero-order valence-corrected chi connectivity index (χ0v) is 13.2. The summed E-state index contributed by atoms with van der Waals surface area (Å²) in [4.78, 5) is 16.1. The highest BCUT2D eigenvalue weighted by Crippen LogP contribution is 2.26. The molecule has 2 aromatic heterocycles. The van der Waals surface area contributed by atoms with Crippen molar-refractivity contribution in [2.75, 3.05) is 11.1 Å². The summed E-state index contributed by atoms with van der Waals surface area (Å²) < 4.78 is 0. The molecule has 0 spiro atoms. The van der Waals surface area contributed by atoms with Crippen LogP contribution in [0.15, 0.2) is 47.7 Å². The van der Waals surface area contributed by atoms with Gasteiger partial charge in [0, 0.05) is 29.3 Å². The Kier molecular flexibility index (Phi) is 4.29. The predicted molar refractivity (Wildman–Crippen MR) is 101 cm³/mol. The number of hydrogen-bond acceptors (Lipinski definition) is 7. The molecule has 126 valence electrons. The second kappa shape index (κ2) is 6.71. The Balaban J connectivity index is 2.01. The van der Waals surface area contributed by atoms with Crippen molar-refractivity contribution in [3.05, 3.63) is 48.3 Å². The lowest BCUT2D eigenvalue weighted by molar-refractivity contribution is 1.18. The number of hydrogen-bond donors (Lipinski definition) is 6. The molecule has 0 saturated carbocycles. The molecule has 0 atom stereocenters. The smallest absolute Gasteiger partial charge is 0.231 e. The van der Waals surface area contributed by atoms with Crippen LogP contribution in [0.25, 0.3) is 11.0 Å². The zero-order chi connectivity index (χ0) is 17.8. The second-order valence-electron chi connectivity index (χ2n) is 5.12. The number of benzene rings is 1. The van der Waals surface area contributed by atoms with Gasteiger partial charge in [0.15, 0.2) is 5.82 Å². The third-order valence-corrected chi connectivity index (χ3v) is 3.40. The number of aromatic nitrogens is 3. The number of nitrogen functional groups attached to an aromatic ring is 1. The Morgan fingerprint density at radius 2 is 2.12 bits per heavy atom. The summed E-state index contributed by atoms with van der Waals surface area (Å²) in [5.41, 5.74) is 19.4. The summed E-state index contributed by atoms with van der Waals surface area (Å²) in [6, 6.07) is 7.04. The fraction of sp³-hybridized carbons (Fsp3) is 0. The lowest BCUT2D eigenvalue weighted by atomic mass is 10.2. The molecule has 0 unspecified atom stereocenters. The van der Waals surface area contributed by atoms with Crippen molar-refractivity contribution in [3.8, 4) is 0 Å². The molecule has 2 heterocycles. The lowest BCUT2D eigenvalue weighted by Crippen LogP contribution is -2.08. The Bertz CT molecular complexity index is 984. The average molecular weight is 335 g/mol. The third-order valence-electron chi connectivity index (χ3n) is 3.40. The first-order valence-corrected chi connectivity index (χ1v) is 7.35. The molecule has 25 heavy (non-hydrogen) atoms. The van der Waals surface area contributed by atoms with Crippen LogP contribution in [-0.2, 0) is 0 Å². The second-order valence-corrected chi connectivity index (χ2v) is 5.12. The number of fused-ring (bicyclic) bond motifs is 1. The number of aliphatic imine (C=N–C) groups is 1. The highest BCUT2D eigenvalue weighted by molar-refractivity contribution is 5.97. The van der Waals surface area contributed by atoms with Crippen molar-refractivity contribution < 1.29 is 0 Å². The van der Waals surface area contributed by atoms with Gasteiger partial charge < -0.3 is 32.9 Å². The van der Waals surface area contributed by atoms with Crippen LogP contribution in [0, 0.1) is 5.41 Å². The minimum absolute atomic E-state index is 0.231. The quantitative estimate of drug-likeness (QED) is 0.236. The van der Waals surface area contributed by atoms with Gasteiger partial charge in [0.25, 0.3) is 0 Å². The van der Waals surface area contributed by atoms with Crippen molar-refractivity contribution in [2.24, 2.45) is 16.5 Å². The fourth-order valence-electron chi connectivity index (χ4n) is 2.24. The van der Waals surface area contributed by atoms with Crippen LogP contribution in [0.1, 0.15) is 5.56 Å². The molecular formula is C16H17N9. The van der Waals surface area contributed by atoms with E-state index in [9.17, 15) is 0 Å². The van der Waals surface area contributed by atoms with Crippen LogP contribution < -0.4 is 22.5 Å². The first-order chi connectivity index (χ1) is 12.1. The van der Waals surface area contributed by atoms with Gasteiger partial charge >= 0.3 is 0 Å². The summed E-state index contributed by atoms with van der Waals surface area (Å²) in [6.45, 7) is 0. The fourth-order valence-corrected chi connectivity index (χ4v) is 2.24. The van der Waals surface area contributed by atoms with Gasteiger partial charge in [0.2, 0.25) is 5.95 Å². The van der Waals surface area contributed by atoms with E-state index in [1.807, 2.05) is 6.07 Å². The van der Waals surface area contributed by atoms with E-state index in [0.29, 0.717) is 34.4 Å². The van der Waals surface area contributed by atoms with Crippen molar-refractivity contribution >= 4 is 46.2 Å². The molecule has 9 N–H and O–H groups in total. The topological polar surface area (TPSA) is 168 Å². The molecule has 3 aromatic rings. The van der Waals surface area contributed by atoms with Gasteiger partial charge in [-0.2, -0.15) is 9.97 Å². The van der Waals surface area contributed by atoms with Crippen LogP contribution in [-0.4, -0.2) is 27.0 Å². The van der Waals surface area contributed by atoms with E-state index in [4.69, 9.17) is 22.6 Å². The maximum absolute atomic E-state index is 7.28. The summed E-state index contributed by atoms with van der Waals surface area (Å²) in [6.07, 6.45) is 5.72. The summed E-state index contributed by atoms with van der Waals surface area (Å²) in [7, 11) is 0. The van der Waals surface area contributed by atoms with Crippen LogP contribution in [0.5, 0.6) is 0 Å². The molecule has 0 bridgehead atoms. The molecule has 0 fully saturated rings. The van der Waals surface area contributed by atoms with Gasteiger partial charge in [-0.05, 0) is 36.5 Å². The minimum atomic E-state index is 0.231. The largest absolute Gasteiger partial charge is 0.404 e. The first-order valence-electron chi connectivity index (χ1n) is 7.35. The SMILES string of the molecule is N=Cc1ccc(Nc2nc(N=C(N)C=CN)c3cc[nH]c3n2)cc1N. The number of amidine groups is 1. The maximum Gasteiger partial charge on any atom is 0.231 e. The van der Waals surface area contributed by atoms with Crippen LogP contribution in [0.4, 0.5) is 23.1 Å². The van der Waals surface area contributed by atoms with Gasteiger partial charge in [-0.15, -0.1) is 0 Å². The highest BCUT2D eigenvalue weighted by atomic mass is 15.1. The molecule has 0 aliphatic rings. The zero-order valence-electron chi connectivity index (χ0n) is 13.2. The van der Waals surface area contributed by atoms with E-state index < -0.39 is 0 Å². The minimum Gasteiger partial charge on any atom is -0.404 e. The maximum atomic E-state index is 7.28. The van der Waals surface area contributed by atoms with Crippen molar-refractivity contribution in [1.29, 1.82) is 5.41 Å². The number of aromatic amines is 1. The van der Waals surface area contributed by atoms with Gasteiger partial charge in [-0.1, -0.05) is 0 Å². The lowest BCUT2D eigenvalue weighted by Gasteiger charge is -2.08. The summed E-state index contributed by atoms with van der Waals surface area (Å²) >= 11 is 0. The number of nitrogens with zero attached hydrogens (tertiary/aromatic N) is 3. The Morgan fingerprint density at radius 1 is 1.28 bits per heavy atom. The van der Waals surface area contributed by atoms with Gasteiger partial charge in [-0.25, -0.2) is 4.99 Å². The number of nitrogens with one attached hydrogen (secondary N) is 3. The number of nitrogens with two attached hydrogens (primary N) is 3. The van der Waals surface area contributed by atoms with Gasteiger partial charge in [-0.3, -0.25) is 0 Å². The predicted octanol–water partition coefficient (Wildman–Crippen LogP) is 1.74. The number of anilines is 3. The first kappa shape index (κ1) is 16.0. The van der Waals surface area contributed by atoms with Crippen molar-refractivity contribution in [2.45, 2.75) is 0 Å². The van der Waals surface area contributed by atoms with E-state index >= 15 is 0 Å². The van der Waals surface area contributed by atoms with Gasteiger partial charge in [0.05, 0.1) is 5.39 Å². The van der Waals surface area contributed by atoms with E-state index in [0.717, 1.165) is 5.39 Å². The average Bonchev–Trinajstić information content (AvgIpc) is 3.04. The van der Waals surface area contributed by atoms with Crippen LogP contribution >= 0.6 is 0 Å². The summed E-state index contributed by atoms with van der Waals surface area (Å²) in [5.74, 6) is 0.975. The highest BCUT2D eigenvalue weighted by Gasteiger charge is 2.09. The van der Waals surface area contributed by atoms with E-state index in [1.165, 1.54) is 18.5 Å². The van der Waals surface area contributed by atoms with E-state index in [1.54, 1.807) is 24.4 Å². The standard InChI is InChI=1S/C16H17N9/c17-5-3-13(20)23-15-11-4-6-21-14(11)24-16(25-15)22-10-2-1-9(8-18)12(19)7-10/h1-8,18H,17,19H2,(H4,20,21,22,23,24,25). The van der Waals surface area contributed by atoms with Gasteiger partial charge in [0.1, 0.15) is 11.5 Å². The molecule has 0 amide bonds. The molecule has 0 radical (unpaired) electrons. The molecule has 3 rings (SSSR count). The van der Waals surface area contributed by atoms with Crippen molar-refractivity contribution in [3.63, 3.8) is 0 Å². The molecule has 0 aliphatic heterocycles. The number of rotatable bonds is 5. The van der Waals surface area contributed by atoms with Crippen LogP contribution in [0.2, 0.25) is 0 Å². The monoisotopic (exact) mass is 335 g/mol. The molecule has 9 nitrogen and oxygen atoms in total. The Labute approximate surface area is 143 Å². The van der Waals surface area contributed by atoms with Crippen molar-refractivity contribution in [1.82, 2.24) is 15.0 Å². The third kappa shape index (κ3) is 3.39.